The first-order valence-corrected chi connectivity index (χ1v) is 29.6. The van der Waals surface area contributed by atoms with Gasteiger partial charge in [-0.15, -0.1) is 0 Å². The van der Waals surface area contributed by atoms with Gasteiger partial charge in [0.05, 0.1) is 0 Å². The zero-order chi connectivity index (χ0) is 30.0. The first-order chi connectivity index (χ1) is 20.2. The van der Waals surface area contributed by atoms with Gasteiger partial charge in [-0.3, -0.25) is 0 Å². The first kappa shape index (κ1) is 32.7. The molecule has 0 fully saturated rings. The Kier molecular flexibility index (Phi) is 11.1. The molecule has 0 bridgehead atoms. The number of fused-ring (bicyclic) bond motifs is 2. The van der Waals surface area contributed by atoms with Gasteiger partial charge in [-0.2, -0.15) is 0 Å². The van der Waals surface area contributed by atoms with E-state index in [9.17, 15) is 0 Å². The molecule has 4 heterocycles. The van der Waals surface area contributed by atoms with Crippen molar-refractivity contribution in [2.45, 2.75) is 113 Å². The standard InChI is InChI=1S/C34H41S4.3CH3.Sn/c1-6-10-12-23(8-3)21-25-14-15-29(37-25)32-27-20-22(5)36-34(27)31(26-18-19-35-33(26)32)30-17-16-28(38-30)24(9-4)13-11-7-2;;;;/h14-18,20,23-24H,6-13,21H2,1-5H3;3*1H3;. The molecular weight excluding hydrogens is 691 g/mol. The van der Waals surface area contributed by atoms with Gasteiger partial charge in [-0.1, -0.05) is 6.92 Å². The number of thiophene rings is 4. The van der Waals surface area contributed by atoms with Crippen molar-refractivity contribution >= 4 is 86.8 Å². The molecule has 0 amide bonds. The number of hydrogen-bond donors (Lipinski definition) is 0. The minimum absolute atomic E-state index is 0.691. The van der Waals surface area contributed by atoms with Crippen LogP contribution in [0.4, 0.5) is 0 Å². The van der Waals surface area contributed by atoms with E-state index in [1.54, 1.807) is 12.6 Å². The van der Waals surface area contributed by atoms with Gasteiger partial charge in [-0.25, -0.2) is 0 Å². The zero-order valence-electron chi connectivity index (χ0n) is 27.1. The van der Waals surface area contributed by atoms with Gasteiger partial charge in [0.2, 0.25) is 0 Å². The van der Waals surface area contributed by atoms with E-state index >= 15 is 0 Å². The summed E-state index contributed by atoms with van der Waals surface area (Å²) >= 11 is 6.01. The number of rotatable bonds is 14. The first-order valence-electron chi connectivity index (χ1n) is 16.4. The number of unbranched alkanes of at least 4 members (excludes halogenated alkanes) is 2. The van der Waals surface area contributed by atoms with Crippen LogP contribution in [-0.4, -0.2) is 18.4 Å². The Morgan fingerprint density at radius 3 is 2.00 bits per heavy atom. The van der Waals surface area contributed by atoms with Gasteiger partial charge < -0.3 is 0 Å². The van der Waals surface area contributed by atoms with Crippen LogP contribution < -0.4 is 2.89 Å². The van der Waals surface area contributed by atoms with Crippen LogP contribution >= 0.6 is 45.3 Å². The summed E-state index contributed by atoms with van der Waals surface area (Å²) < 4.78 is 4.74. The number of hydrogen-bond acceptors (Lipinski definition) is 4. The molecule has 0 saturated carbocycles. The van der Waals surface area contributed by atoms with Crippen LogP contribution in [0.25, 0.3) is 41.1 Å². The maximum atomic E-state index is 2.64. The molecule has 0 aliphatic heterocycles. The molecule has 0 nitrogen and oxygen atoms in total. The maximum absolute atomic E-state index is 2.64. The SMILES string of the molecule is CCCCC(CC)Cc1ccc(-c2c3cc(C)sc3c(-c3ccc(C(CC)CCCC)s3)c3c[c]([Sn]([CH3])([CH3])[CH3])sc23)s1. The third-order valence-electron chi connectivity index (χ3n) is 8.94. The molecule has 4 aromatic heterocycles. The quantitative estimate of drug-likeness (QED) is 0.0995. The fourth-order valence-corrected chi connectivity index (χ4v) is 16.4. The summed E-state index contributed by atoms with van der Waals surface area (Å²) in [7, 11) is 0. The Bertz CT molecular complexity index is 1620. The molecule has 2 atom stereocenters. The average molecular weight is 742 g/mol. The third kappa shape index (κ3) is 6.93. The summed E-state index contributed by atoms with van der Waals surface area (Å²) in [5, 5.41) is 3.00. The zero-order valence-corrected chi connectivity index (χ0v) is 33.2. The van der Waals surface area contributed by atoms with Crippen molar-refractivity contribution in [2.24, 2.45) is 5.92 Å². The normalized spacial score (nSPS) is 13.9. The van der Waals surface area contributed by atoms with Gasteiger partial charge >= 0.3 is 271 Å². The van der Waals surface area contributed by atoms with Crippen LogP contribution in [0.1, 0.15) is 99.6 Å². The summed E-state index contributed by atoms with van der Waals surface area (Å²) in [6, 6.07) is 15.0. The second-order valence-corrected chi connectivity index (χ2v) is 33.3. The van der Waals surface area contributed by atoms with Crippen LogP contribution in [0, 0.1) is 12.8 Å². The Morgan fingerprint density at radius 2 is 1.33 bits per heavy atom. The van der Waals surface area contributed by atoms with E-state index in [4.69, 9.17) is 0 Å². The summed E-state index contributed by atoms with van der Waals surface area (Å²) in [5.74, 6) is 1.50. The molecule has 0 N–H and O–H groups in total. The Labute approximate surface area is 275 Å². The van der Waals surface area contributed by atoms with E-state index in [0.29, 0.717) is 5.92 Å². The average Bonchev–Trinajstić information content (AvgIpc) is 3.76. The van der Waals surface area contributed by atoms with E-state index in [1.165, 1.54) is 104 Å². The van der Waals surface area contributed by atoms with Crippen molar-refractivity contribution in [2.75, 3.05) is 0 Å². The molecule has 0 radical (unpaired) electrons. The van der Waals surface area contributed by atoms with E-state index in [-0.39, 0.29) is 0 Å². The van der Waals surface area contributed by atoms with Gasteiger partial charge in [0.25, 0.3) is 0 Å². The minimum atomic E-state index is -2.29. The predicted molar refractivity (Wildman–Crippen MR) is 201 cm³/mol. The summed E-state index contributed by atoms with van der Waals surface area (Å²) in [5.41, 5.74) is 3.03. The fraction of sp³-hybridized carbons (Fsp3) is 0.514. The van der Waals surface area contributed by atoms with Crippen LogP contribution in [-0.2, 0) is 6.42 Å². The molecule has 226 valence electrons. The van der Waals surface area contributed by atoms with Crippen LogP contribution in [0.5, 0.6) is 0 Å². The number of benzene rings is 1. The van der Waals surface area contributed by atoms with Crippen molar-refractivity contribution in [3.05, 3.63) is 51.0 Å². The molecule has 2 unspecified atom stereocenters. The van der Waals surface area contributed by atoms with E-state index in [2.05, 4.69) is 120 Å². The predicted octanol–water partition coefficient (Wildman–Crippen LogP) is 13.9. The Hall–Kier alpha value is -0.661. The van der Waals surface area contributed by atoms with Crippen LogP contribution in [0.15, 0.2) is 36.4 Å². The Balaban J connectivity index is 1.68. The van der Waals surface area contributed by atoms with E-state index < -0.39 is 18.4 Å². The molecule has 0 aliphatic rings. The van der Waals surface area contributed by atoms with Crippen molar-refractivity contribution in [1.82, 2.24) is 0 Å². The van der Waals surface area contributed by atoms with E-state index in [0.717, 1.165) is 5.92 Å². The summed E-state index contributed by atoms with van der Waals surface area (Å²) in [4.78, 5) is 15.3. The molecule has 0 aliphatic carbocycles. The van der Waals surface area contributed by atoms with Gasteiger partial charge in [0.15, 0.2) is 0 Å². The molecule has 5 aromatic rings. The Morgan fingerprint density at radius 1 is 0.690 bits per heavy atom. The molecule has 0 saturated heterocycles. The fourth-order valence-electron chi connectivity index (χ4n) is 6.31. The molecule has 5 heteroatoms. The van der Waals surface area contributed by atoms with Crippen LogP contribution in [0.3, 0.4) is 0 Å². The van der Waals surface area contributed by atoms with Gasteiger partial charge in [0.1, 0.15) is 0 Å². The summed E-state index contributed by atoms with van der Waals surface area (Å²) in [6.07, 6.45) is 11.7. The van der Waals surface area contributed by atoms with Crippen molar-refractivity contribution in [3.8, 4) is 20.9 Å². The van der Waals surface area contributed by atoms with E-state index in [1.807, 2.05) is 11.3 Å². The topological polar surface area (TPSA) is 0 Å². The van der Waals surface area contributed by atoms with Crippen molar-refractivity contribution in [1.29, 1.82) is 0 Å². The van der Waals surface area contributed by atoms with Crippen molar-refractivity contribution < 1.29 is 0 Å². The van der Waals surface area contributed by atoms with Crippen LogP contribution in [0.2, 0.25) is 14.8 Å². The number of aryl methyl sites for hydroxylation is 1. The van der Waals surface area contributed by atoms with Gasteiger partial charge in [0, 0.05) is 0 Å². The van der Waals surface area contributed by atoms with Gasteiger partial charge in [-0.05, 0) is 0 Å². The second-order valence-electron chi connectivity index (χ2n) is 13.3. The summed E-state index contributed by atoms with van der Waals surface area (Å²) in [6.45, 7) is 11.7. The molecule has 5 rings (SSSR count). The third-order valence-corrected chi connectivity index (χ3v) is 23.0. The monoisotopic (exact) mass is 742 g/mol. The molecule has 0 spiro atoms. The molecule has 42 heavy (non-hydrogen) atoms. The molecule has 1 aromatic carbocycles. The van der Waals surface area contributed by atoms with Crippen molar-refractivity contribution in [3.63, 3.8) is 0 Å². The second kappa shape index (κ2) is 14.2. The molecular formula is C37H50S4Sn.